The number of hydrogen-bond acceptors (Lipinski definition) is 2. The Bertz CT molecular complexity index is 149. The van der Waals surface area contributed by atoms with Gasteiger partial charge in [-0.3, -0.25) is 4.79 Å². The van der Waals surface area contributed by atoms with E-state index in [4.69, 9.17) is 5.11 Å². The summed E-state index contributed by atoms with van der Waals surface area (Å²) in [6.07, 6.45) is 4.20. The van der Waals surface area contributed by atoms with E-state index in [0.717, 1.165) is 6.42 Å². The van der Waals surface area contributed by atoms with Crippen molar-refractivity contribution in [2.45, 2.75) is 13.3 Å². The van der Waals surface area contributed by atoms with Crippen LogP contribution < -0.4 is 0 Å². The third-order valence-electron chi connectivity index (χ3n) is 1.01. The van der Waals surface area contributed by atoms with Crippen LogP contribution in [0, 0.1) is 5.92 Å². The molecule has 0 aromatic heterocycles. The standard InChI is InChI=1S/C7H10O3/c1-2-3-4-6(5-8)7(9)10/h3-6H,2H2,1H3,(H,9,10)/b4-3+. The molecule has 0 radical (unpaired) electrons. The average molecular weight is 142 g/mol. The van der Waals surface area contributed by atoms with Gasteiger partial charge in [-0.05, 0) is 6.42 Å². The molecule has 0 fully saturated rings. The van der Waals surface area contributed by atoms with Crippen LogP contribution in [0.2, 0.25) is 0 Å². The molecule has 0 saturated carbocycles. The number of carboxylic acids is 1. The zero-order chi connectivity index (χ0) is 7.98. The Morgan fingerprint density at radius 2 is 2.30 bits per heavy atom. The molecule has 0 rings (SSSR count). The number of hydrogen-bond donors (Lipinski definition) is 1. The van der Waals surface area contributed by atoms with E-state index in [-0.39, 0.29) is 0 Å². The minimum atomic E-state index is -1.10. The van der Waals surface area contributed by atoms with Gasteiger partial charge in [0.2, 0.25) is 0 Å². The highest BCUT2D eigenvalue weighted by Gasteiger charge is 2.10. The number of carboxylic acid groups (broad SMARTS) is 1. The summed E-state index contributed by atoms with van der Waals surface area (Å²) in [5.74, 6) is -2.07. The van der Waals surface area contributed by atoms with Crippen LogP contribution in [-0.2, 0) is 9.59 Å². The van der Waals surface area contributed by atoms with E-state index < -0.39 is 11.9 Å². The highest BCUT2D eigenvalue weighted by atomic mass is 16.4. The van der Waals surface area contributed by atoms with Crippen molar-refractivity contribution in [2.75, 3.05) is 0 Å². The van der Waals surface area contributed by atoms with Crippen molar-refractivity contribution in [2.24, 2.45) is 5.92 Å². The van der Waals surface area contributed by atoms with Gasteiger partial charge in [-0.25, -0.2) is 0 Å². The molecular weight excluding hydrogens is 132 g/mol. The Morgan fingerprint density at radius 3 is 2.60 bits per heavy atom. The van der Waals surface area contributed by atoms with Gasteiger partial charge in [-0.2, -0.15) is 0 Å². The van der Waals surface area contributed by atoms with Crippen LogP contribution in [0.5, 0.6) is 0 Å². The zero-order valence-corrected chi connectivity index (χ0v) is 5.78. The molecule has 1 N–H and O–H groups in total. The minimum absolute atomic E-state index is 0.411. The number of carbonyl (C=O) groups excluding carboxylic acids is 1. The second kappa shape index (κ2) is 4.73. The molecule has 0 aliphatic carbocycles. The summed E-state index contributed by atoms with van der Waals surface area (Å²) in [5.41, 5.74) is 0. The lowest BCUT2D eigenvalue weighted by Crippen LogP contribution is -2.11. The number of aldehydes is 1. The van der Waals surface area contributed by atoms with Crippen molar-refractivity contribution in [1.29, 1.82) is 0 Å². The topological polar surface area (TPSA) is 54.4 Å². The molecule has 56 valence electrons. The number of aliphatic carboxylic acids is 1. The van der Waals surface area contributed by atoms with Crippen LogP contribution in [0.4, 0.5) is 0 Å². The Labute approximate surface area is 59.4 Å². The van der Waals surface area contributed by atoms with E-state index in [9.17, 15) is 9.59 Å². The number of rotatable bonds is 4. The van der Waals surface area contributed by atoms with Gasteiger partial charge in [0.1, 0.15) is 12.2 Å². The molecule has 1 atom stereocenters. The van der Waals surface area contributed by atoms with Gasteiger partial charge in [-0.15, -0.1) is 0 Å². The van der Waals surface area contributed by atoms with Crippen LogP contribution in [0.3, 0.4) is 0 Å². The first-order chi connectivity index (χ1) is 4.72. The maximum atomic E-state index is 10.2. The van der Waals surface area contributed by atoms with Gasteiger partial charge in [-0.1, -0.05) is 19.1 Å². The van der Waals surface area contributed by atoms with Crippen molar-refractivity contribution in [3.63, 3.8) is 0 Å². The van der Waals surface area contributed by atoms with Crippen molar-refractivity contribution in [3.8, 4) is 0 Å². The second-order valence-electron chi connectivity index (χ2n) is 1.84. The molecule has 1 unspecified atom stereocenters. The molecule has 3 heteroatoms. The van der Waals surface area contributed by atoms with Crippen LogP contribution in [0.15, 0.2) is 12.2 Å². The fourth-order valence-electron chi connectivity index (χ4n) is 0.469. The van der Waals surface area contributed by atoms with Gasteiger partial charge >= 0.3 is 5.97 Å². The van der Waals surface area contributed by atoms with Gasteiger partial charge < -0.3 is 9.90 Å². The number of allylic oxidation sites excluding steroid dienone is 1. The molecule has 0 spiro atoms. The lowest BCUT2D eigenvalue weighted by atomic mass is 10.1. The summed E-state index contributed by atoms with van der Waals surface area (Å²) in [5, 5.41) is 8.32. The van der Waals surface area contributed by atoms with E-state index in [0.29, 0.717) is 6.29 Å². The lowest BCUT2D eigenvalue weighted by molar-refractivity contribution is -0.141. The smallest absolute Gasteiger partial charge is 0.317 e. The second-order valence-corrected chi connectivity index (χ2v) is 1.84. The van der Waals surface area contributed by atoms with Crippen molar-refractivity contribution in [1.82, 2.24) is 0 Å². The van der Waals surface area contributed by atoms with Crippen LogP contribution in [0.1, 0.15) is 13.3 Å². The summed E-state index contributed by atoms with van der Waals surface area (Å²) in [7, 11) is 0. The SMILES string of the molecule is CC/C=C/C(C=O)C(=O)O. The first-order valence-electron chi connectivity index (χ1n) is 3.07. The predicted molar refractivity (Wildman–Crippen MR) is 36.6 cm³/mol. The highest BCUT2D eigenvalue weighted by molar-refractivity contribution is 5.88. The lowest BCUT2D eigenvalue weighted by Gasteiger charge is -1.93. The third-order valence-corrected chi connectivity index (χ3v) is 1.01. The molecule has 0 aliphatic heterocycles. The molecular formula is C7H10O3. The van der Waals surface area contributed by atoms with Gasteiger partial charge in [0.05, 0.1) is 0 Å². The van der Waals surface area contributed by atoms with Crippen LogP contribution >= 0.6 is 0 Å². The molecule has 3 nitrogen and oxygen atoms in total. The molecule has 10 heavy (non-hydrogen) atoms. The highest BCUT2D eigenvalue weighted by Crippen LogP contribution is 1.95. The summed E-state index contributed by atoms with van der Waals surface area (Å²) in [6, 6.07) is 0. The molecule has 0 amide bonds. The maximum absolute atomic E-state index is 10.2. The summed E-state index contributed by atoms with van der Waals surface area (Å²) < 4.78 is 0. The van der Waals surface area contributed by atoms with Gasteiger partial charge in [0.25, 0.3) is 0 Å². The summed E-state index contributed by atoms with van der Waals surface area (Å²) in [4.78, 5) is 20.2. The quantitative estimate of drug-likeness (QED) is 0.359. The molecule has 0 heterocycles. The van der Waals surface area contributed by atoms with E-state index in [1.165, 1.54) is 6.08 Å². The first-order valence-corrected chi connectivity index (χ1v) is 3.07. The summed E-state index contributed by atoms with van der Waals surface area (Å²) in [6.45, 7) is 1.88. The fraction of sp³-hybridized carbons (Fsp3) is 0.429. The predicted octanol–water partition coefficient (Wildman–Crippen LogP) is 0.852. The summed E-state index contributed by atoms with van der Waals surface area (Å²) >= 11 is 0. The van der Waals surface area contributed by atoms with Crippen LogP contribution in [-0.4, -0.2) is 17.4 Å². The van der Waals surface area contributed by atoms with E-state index in [1.807, 2.05) is 6.92 Å². The minimum Gasteiger partial charge on any atom is -0.480 e. The number of carbonyl (C=O) groups is 2. The molecule has 0 aliphatic rings. The van der Waals surface area contributed by atoms with E-state index in [1.54, 1.807) is 6.08 Å². The fourth-order valence-corrected chi connectivity index (χ4v) is 0.469. The van der Waals surface area contributed by atoms with E-state index in [2.05, 4.69) is 0 Å². The molecule has 0 aromatic rings. The average Bonchev–Trinajstić information content (AvgIpc) is 1.89. The Kier molecular flexibility index (Phi) is 4.20. The molecule has 0 aromatic carbocycles. The van der Waals surface area contributed by atoms with E-state index >= 15 is 0 Å². The maximum Gasteiger partial charge on any atom is 0.317 e. The third kappa shape index (κ3) is 3.02. The van der Waals surface area contributed by atoms with Gasteiger partial charge in [0.15, 0.2) is 0 Å². The normalized spacial score (nSPS) is 13.3. The van der Waals surface area contributed by atoms with Crippen LogP contribution in [0.25, 0.3) is 0 Å². The van der Waals surface area contributed by atoms with Crippen molar-refractivity contribution in [3.05, 3.63) is 12.2 Å². The van der Waals surface area contributed by atoms with Gasteiger partial charge in [0, 0.05) is 0 Å². The Balaban J connectivity index is 3.95. The molecule has 0 bridgehead atoms. The zero-order valence-electron chi connectivity index (χ0n) is 5.78. The van der Waals surface area contributed by atoms with Crippen molar-refractivity contribution >= 4 is 12.3 Å². The monoisotopic (exact) mass is 142 g/mol. The first kappa shape index (κ1) is 8.88. The Hall–Kier alpha value is -1.12. The largest absolute Gasteiger partial charge is 0.480 e. The molecule has 0 saturated heterocycles. The Morgan fingerprint density at radius 1 is 1.70 bits per heavy atom. The van der Waals surface area contributed by atoms with Crippen molar-refractivity contribution < 1.29 is 14.7 Å².